The molecule has 0 fully saturated rings. The average molecular weight is 415 g/mol. The molecule has 0 saturated carbocycles. The summed E-state index contributed by atoms with van der Waals surface area (Å²) < 4.78 is 7.64. The van der Waals surface area contributed by atoms with Crippen molar-refractivity contribution in [2.75, 3.05) is 6.54 Å². The number of aryl methyl sites for hydroxylation is 1. The molecule has 0 unspecified atom stereocenters. The molecule has 7 heteroatoms. The molecule has 0 aliphatic carbocycles. The summed E-state index contributed by atoms with van der Waals surface area (Å²) in [5.74, 6) is 1.34. The second kappa shape index (κ2) is 9.75. The molecule has 158 valence electrons. The Bertz CT molecular complexity index is 1130. The van der Waals surface area contributed by atoms with Crippen molar-refractivity contribution in [3.05, 3.63) is 90.3 Å². The number of benzene rings is 2. The van der Waals surface area contributed by atoms with E-state index in [1.807, 2.05) is 42.0 Å². The minimum Gasteiger partial charge on any atom is -0.444 e. The molecule has 7 nitrogen and oxygen atoms in total. The Morgan fingerprint density at radius 3 is 2.71 bits per heavy atom. The largest absolute Gasteiger partial charge is 0.444 e. The topological polar surface area (TPSA) is 80.3 Å². The summed E-state index contributed by atoms with van der Waals surface area (Å²) in [6, 6.07) is 16.3. The Labute approximate surface area is 181 Å². The van der Waals surface area contributed by atoms with Gasteiger partial charge in [-0.25, -0.2) is 15.0 Å². The van der Waals surface area contributed by atoms with Crippen LogP contribution in [-0.4, -0.2) is 27.0 Å². The maximum absolute atomic E-state index is 5.65. The van der Waals surface area contributed by atoms with Gasteiger partial charge in [-0.05, 0) is 37.6 Å². The van der Waals surface area contributed by atoms with Gasteiger partial charge in [-0.2, -0.15) is 0 Å². The Hall–Kier alpha value is -3.87. The van der Waals surface area contributed by atoms with Crippen molar-refractivity contribution >= 4 is 5.96 Å². The summed E-state index contributed by atoms with van der Waals surface area (Å²) in [6.07, 6.45) is 7.18. The number of aromatic nitrogens is 3. The van der Waals surface area contributed by atoms with E-state index < -0.39 is 0 Å². The number of hydrogen-bond acceptors (Lipinski definition) is 4. The molecule has 2 heterocycles. The van der Waals surface area contributed by atoms with Crippen LogP contribution in [0.2, 0.25) is 0 Å². The van der Waals surface area contributed by atoms with Crippen LogP contribution in [0.25, 0.3) is 17.1 Å². The average Bonchev–Trinajstić information content (AvgIpc) is 3.49. The molecule has 0 spiro atoms. The smallest absolute Gasteiger partial charge is 0.226 e. The van der Waals surface area contributed by atoms with Crippen LogP contribution in [-0.2, 0) is 13.1 Å². The van der Waals surface area contributed by atoms with E-state index in [1.54, 1.807) is 18.8 Å². The summed E-state index contributed by atoms with van der Waals surface area (Å²) in [6.45, 7) is 5.93. The SMILES string of the molecule is CCNC(=NCc1ccccc1-n1ccnc1)NCc1coc(-c2ccc(C)cc2)n1. The predicted molar refractivity (Wildman–Crippen MR) is 122 cm³/mol. The Kier molecular flexibility index (Phi) is 6.42. The molecular weight excluding hydrogens is 388 g/mol. The van der Waals surface area contributed by atoms with E-state index in [4.69, 9.17) is 9.41 Å². The zero-order valence-corrected chi connectivity index (χ0v) is 17.7. The van der Waals surface area contributed by atoms with E-state index in [0.717, 1.165) is 35.0 Å². The summed E-state index contributed by atoms with van der Waals surface area (Å²) in [4.78, 5) is 13.5. The Balaban J connectivity index is 1.43. The molecule has 0 saturated heterocycles. The first-order valence-electron chi connectivity index (χ1n) is 10.3. The third-order valence-electron chi connectivity index (χ3n) is 4.81. The fraction of sp³-hybridized carbons (Fsp3) is 0.208. The van der Waals surface area contributed by atoms with Crippen LogP contribution >= 0.6 is 0 Å². The molecule has 31 heavy (non-hydrogen) atoms. The molecule has 0 bridgehead atoms. The standard InChI is InChI=1S/C24H26N6O/c1-3-26-24(27-14-20-6-4-5-7-22(20)30-13-12-25-17-30)28-15-21-16-31-23(29-21)19-10-8-18(2)9-11-19/h4-13,16-17H,3,14-15H2,1-2H3,(H2,26,27,28). The number of imidazole rings is 1. The van der Waals surface area contributed by atoms with Crippen LogP contribution in [0.3, 0.4) is 0 Å². The summed E-state index contributed by atoms with van der Waals surface area (Å²) >= 11 is 0. The van der Waals surface area contributed by atoms with Gasteiger partial charge in [0.05, 0.1) is 30.8 Å². The minimum atomic E-state index is 0.518. The first-order chi connectivity index (χ1) is 15.2. The van der Waals surface area contributed by atoms with Crippen LogP contribution in [0.15, 0.2) is 82.9 Å². The summed E-state index contributed by atoms with van der Waals surface area (Å²) in [7, 11) is 0. The molecule has 4 aromatic rings. The minimum absolute atomic E-state index is 0.518. The van der Waals surface area contributed by atoms with Gasteiger partial charge in [-0.3, -0.25) is 0 Å². The molecule has 0 atom stereocenters. The molecule has 2 aromatic heterocycles. The van der Waals surface area contributed by atoms with Crippen LogP contribution in [0, 0.1) is 6.92 Å². The zero-order valence-electron chi connectivity index (χ0n) is 17.7. The lowest BCUT2D eigenvalue weighted by atomic mass is 10.1. The number of nitrogens with zero attached hydrogens (tertiary/aromatic N) is 4. The number of aliphatic imine (C=N–C) groups is 1. The second-order valence-corrected chi connectivity index (χ2v) is 7.16. The Morgan fingerprint density at radius 2 is 1.94 bits per heavy atom. The van der Waals surface area contributed by atoms with Gasteiger partial charge in [0, 0.05) is 24.5 Å². The van der Waals surface area contributed by atoms with Gasteiger partial charge < -0.3 is 19.6 Å². The maximum atomic E-state index is 5.65. The lowest BCUT2D eigenvalue weighted by Crippen LogP contribution is -2.36. The van der Waals surface area contributed by atoms with E-state index in [0.29, 0.717) is 19.0 Å². The lowest BCUT2D eigenvalue weighted by Gasteiger charge is -2.12. The van der Waals surface area contributed by atoms with Crippen LogP contribution in [0.4, 0.5) is 0 Å². The van der Waals surface area contributed by atoms with Gasteiger partial charge in [0.2, 0.25) is 5.89 Å². The molecular formula is C24H26N6O. The van der Waals surface area contributed by atoms with Gasteiger partial charge >= 0.3 is 0 Å². The van der Waals surface area contributed by atoms with Crippen LogP contribution in [0.1, 0.15) is 23.7 Å². The normalized spacial score (nSPS) is 11.5. The van der Waals surface area contributed by atoms with Gasteiger partial charge in [-0.15, -0.1) is 0 Å². The summed E-state index contributed by atoms with van der Waals surface area (Å²) in [5.41, 5.74) is 5.17. The molecule has 0 amide bonds. The highest BCUT2D eigenvalue weighted by Gasteiger charge is 2.08. The fourth-order valence-electron chi connectivity index (χ4n) is 3.20. The van der Waals surface area contributed by atoms with E-state index in [1.165, 1.54) is 5.56 Å². The number of rotatable bonds is 7. The van der Waals surface area contributed by atoms with Gasteiger partial charge in [0.1, 0.15) is 6.26 Å². The third kappa shape index (κ3) is 5.19. The quantitative estimate of drug-likeness (QED) is 0.352. The van der Waals surface area contributed by atoms with Crippen molar-refractivity contribution in [1.82, 2.24) is 25.2 Å². The van der Waals surface area contributed by atoms with E-state index in [-0.39, 0.29) is 0 Å². The molecule has 4 rings (SSSR count). The number of nitrogens with one attached hydrogen (secondary N) is 2. The molecule has 2 aromatic carbocycles. The van der Waals surface area contributed by atoms with E-state index in [2.05, 4.69) is 51.8 Å². The molecule has 2 N–H and O–H groups in total. The van der Waals surface area contributed by atoms with Crippen LogP contribution in [0.5, 0.6) is 0 Å². The fourth-order valence-corrected chi connectivity index (χ4v) is 3.20. The zero-order chi connectivity index (χ0) is 21.5. The number of hydrogen-bond donors (Lipinski definition) is 2. The first kappa shape index (κ1) is 20.4. The lowest BCUT2D eigenvalue weighted by molar-refractivity contribution is 0.572. The monoisotopic (exact) mass is 414 g/mol. The van der Waals surface area contributed by atoms with E-state index >= 15 is 0 Å². The van der Waals surface area contributed by atoms with Gasteiger partial charge in [0.15, 0.2) is 5.96 Å². The highest BCUT2D eigenvalue weighted by molar-refractivity contribution is 5.79. The van der Waals surface area contributed by atoms with Gasteiger partial charge in [0.25, 0.3) is 0 Å². The maximum Gasteiger partial charge on any atom is 0.226 e. The van der Waals surface area contributed by atoms with Crippen LogP contribution < -0.4 is 10.6 Å². The van der Waals surface area contributed by atoms with Crippen molar-refractivity contribution in [3.8, 4) is 17.1 Å². The predicted octanol–water partition coefficient (Wildman–Crippen LogP) is 4.09. The highest BCUT2D eigenvalue weighted by Crippen LogP contribution is 2.19. The van der Waals surface area contributed by atoms with Gasteiger partial charge in [-0.1, -0.05) is 35.9 Å². The van der Waals surface area contributed by atoms with Crippen molar-refractivity contribution in [3.63, 3.8) is 0 Å². The number of guanidine groups is 1. The third-order valence-corrected chi connectivity index (χ3v) is 4.81. The summed E-state index contributed by atoms with van der Waals surface area (Å²) in [5, 5.41) is 6.62. The second-order valence-electron chi connectivity index (χ2n) is 7.16. The Morgan fingerprint density at radius 1 is 1.10 bits per heavy atom. The molecule has 0 radical (unpaired) electrons. The molecule has 0 aliphatic heterocycles. The first-order valence-corrected chi connectivity index (χ1v) is 10.3. The highest BCUT2D eigenvalue weighted by atomic mass is 16.3. The number of para-hydroxylation sites is 1. The van der Waals surface area contributed by atoms with Crippen molar-refractivity contribution in [2.45, 2.75) is 26.9 Å². The molecule has 0 aliphatic rings. The van der Waals surface area contributed by atoms with Crippen molar-refractivity contribution in [1.29, 1.82) is 0 Å². The van der Waals surface area contributed by atoms with E-state index in [9.17, 15) is 0 Å². The van der Waals surface area contributed by atoms with Crippen molar-refractivity contribution < 1.29 is 4.42 Å². The number of oxazole rings is 1. The van der Waals surface area contributed by atoms with Crippen molar-refractivity contribution in [2.24, 2.45) is 4.99 Å².